The number of ether oxygens (including phenoxy) is 1. The highest BCUT2D eigenvalue weighted by Gasteiger charge is 2.33. The molecule has 3 aromatic rings. The van der Waals surface area contributed by atoms with Crippen molar-refractivity contribution in [1.29, 1.82) is 0 Å². The summed E-state index contributed by atoms with van der Waals surface area (Å²) in [7, 11) is 3.34. The number of nitrogens with zero attached hydrogens (tertiary/aromatic N) is 1. The van der Waals surface area contributed by atoms with Crippen LogP contribution >= 0.6 is 0 Å². The Morgan fingerprint density at radius 1 is 1.17 bits per heavy atom. The Morgan fingerprint density at radius 2 is 1.94 bits per heavy atom. The van der Waals surface area contributed by atoms with Crippen LogP contribution in [0.4, 0.5) is 5.69 Å². The number of carbonyl (C=O) groups is 2. The minimum atomic E-state index is -0.631. The van der Waals surface area contributed by atoms with Crippen LogP contribution in [0.3, 0.4) is 0 Å². The molecule has 184 valence electrons. The molecule has 7 heteroatoms. The lowest BCUT2D eigenvalue weighted by atomic mass is 9.98. The lowest BCUT2D eigenvalue weighted by Gasteiger charge is -2.28. The smallest absolute Gasteiger partial charge is 0.249 e. The minimum absolute atomic E-state index is 0.147. The lowest BCUT2D eigenvalue weighted by Crippen LogP contribution is -2.52. The van der Waals surface area contributed by atoms with E-state index >= 15 is 0 Å². The summed E-state index contributed by atoms with van der Waals surface area (Å²) in [5.74, 6) is 0.331. The number of amides is 2. The number of fused-ring (bicyclic) bond motifs is 2. The number of hydrogen-bond donors (Lipinski definition) is 3. The second kappa shape index (κ2) is 10.5. The molecule has 35 heavy (non-hydrogen) atoms. The maximum atomic E-state index is 13.9. The molecule has 3 N–H and O–H groups in total. The van der Waals surface area contributed by atoms with Gasteiger partial charge in [0.25, 0.3) is 0 Å². The zero-order valence-electron chi connectivity index (χ0n) is 20.7. The number of likely N-dealkylation sites (N-methyl/N-ethyl adjacent to an activating group) is 1. The van der Waals surface area contributed by atoms with Crippen LogP contribution < -0.4 is 20.3 Å². The van der Waals surface area contributed by atoms with Gasteiger partial charge >= 0.3 is 0 Å². The SMILES string of the molecule is CNC(C)C(=O)NC1CCc2ccccc2N(Cc2c(OC)ccc3cc(C(C)O)ccc23)C1=O. The Balaban J connectivity index is 1.77. The standard InChI is InChI=1S/C28H33N3O4/c1-17(29-3)27(33)30-24-13-10-19-7-5-6-8-25(19)31(28(24)34)16-23-22-12-9-20(18(2)32)15-21(22)11-14-26(23)35-4/h5-9,11-12,14-15,17-18,24,29,32H,10,13,16H2,1-4H3,(H,30,33). The van der Waals surface area contributed by atoms with Crippen LogP contribution in [0.5, 0.6) is 5.75 Å². The molecule has 1 aliphatic heterocycles. The van der Waals surface area contributed by atoms with Crippen molar-refractivity contribution >= 4 is 28.3 Å². The van der Waals surface area contributed by atoms with Crippen LogP contribution in [0.2, 0.25) is 0 Å². The predicted molar refractivity (Wildman–Crippen MR) is 138 cm³/mol. The lowest BCUT2D eigenvalue weighted by molar-refractivity contribution is -0.128. The van der Waals surface area contributed by atoms with Crippen LogP contribution in [0.25, 0.3) is 10.8 Å². The molecule has 7 nitrogen and oxygen atoms in total. The summed E-state index contributed by atoms with van der Waals surface area (Å²) in [5.41, 5.74) is 3.61. The number of rotatable bonds is 7. The molecule has 0 saturated heterocycles. The highest BCUT2D eigenvalue weighted by Crippen LogP contribution is 2.35. The monoisotopic (exact) mass is 475 g/mol. The van der Waals surface area contributed by atoms with E-state index in [1.165, 1.54) is 0 Å². The van der Waals surface area contributed by atoms with Gasteiger partial charge in [0, 0.05) is 11.3 Å². The van der Waals surface area contributed by atoms with E-state index in [1.54, 1.807) is 32.9 Å². The third-order valence-electron chi connectivity index (χ3n) is 6.82. The van der Waals surface area contributed by atoms with Gasteiger partial charge < -0.3 is 25.4 Å². The number of para-hydroxylation sites is 1. The summed E-state index contributed by atoms with van der Waals surface area (Å²) in [6, 6.07) is 16.5. The van der Waals surface area contributed by atoms with E-state index < -0.39 is 18.2 Å². The van der Waals surface area contributed by atoms with E-state index in [0.29, 0.717) is 25.1 Å². The summed E-state index contributed by atoms with van der Waals surface area (Å²) >= 11 is 0. The third kappa shape index (κ3) is 5.01. The fourth-order valence-electron chi connectivity index (χ4n) is 4.61. The highest BCUT2D eigenvalue weighted by atomic mass is 16.5. The number of carbonyl (C=O) groups excluding carboxylic acids is 2. The van der Waals surface area contributed by atoms with Crippen LogP contribution in [0.1, 0.15) is 43.1 Å². The molecule has 4 rings (SSSR count). The summed E-state index contributed by atoms with van der Waals surface area (Å²) in [6.45, 7) is 3.80. The van der Waals surface area contributed by atoms with E-state index in [1.807, 2.05) is 54.6 Å². The first-order valence-electron chi connectivity index (χ1n) is 12.0. The van der Waals surface area contributed by atoms with E-state index in [2.05, 4.69) is 10.6 Å². The molecule has 2 amide bonds. The molecule has 3 atom stereocenters. The first kappa shape index (κ1) is 24.7. The number of aryl methyl sites for hydroxylation is 1. The maximum Gasteiger partial charge on any atom is 0.249 e. The van der Waals surface area contributed by atoms with Gasteiger partial charge in [0.2, 0.25) is 11.8 Å². The molecular weight excluding hydrogens is 442 g/mol. The second-order valence-electron chi connectivity index (χ2n) is 9.07. The normalized spacial score (nSPS) is 17.5. The van der Waals surface area contributed by atoms with Gasteiger partial charge in [-0.15, -0.1) is 0 Å². The summed E-state index contributed by atoms with van der Waals surface area (Å²) in [6.07, 6.45) is 0.633. The van der Waals surface area contributed by atoms with E-state index in [9.17, 15) is 14.7 Å². The molecule has 1 aliphatic rings. The van der Waals surface area contributed by atoms with Crippen molar-refractivity contribution in [3.63, 3.8) is 0 Å². The van der Waals surface area contributed by atoms with Crippen molar-refractivity contribution in [3.8, 4) is 5.75 Å². The molecule has 0 aliphatic carbocycles. The molecule has 0 fully saturated rings. The fourth-order valence-corrected chi connectivity index (χ4v) is 4.61. The van der Waals surface area contributed by atoms with Crippen molar-refractivity contribution < 1.29 is 19.4 Å². The minimum Gasteiger partial charge on any atom is -0.496 e. The number of nitrogens with one attached hydrogen (secondary N) is 2. The fraction of sp³-hybridized carbons (Fsp3) is 0.357. The van der Waals surface area contributed by atoms with Gasteiger partial charge in [-0.2, -0.15) is 0 Å². The Kier molecular flexibility index (Phi) is 7.38. The average Bonchev–Trinajstić information content (AvgIpc) is 3.00. The number of methoxy groups -OCH3 is 1. The first-order valence-corrected chi connectivity index (χ1v) is 12.0. The summed E-state index contributed by atoms with van der Waals surface area (Å²) in [5, 5.41) is 17.8. The zero-order valence-corrected chi connectivity index (χ0v) is 20.7. The molecular formula is C28H33N3O4. The molecule has 0 bridgehead atoms. The maximum absolute atomic E-state index is 13.9. The van der Waals surface area contributed by atoms with Gasteiger partial charge in [-0.25, -0.2) is 0 Å². The van der Waals surface area contributed by atoms with Gasteiger partial charge in [-0.1, -0.05) is 36.4 Å². The van der Waals surface area contributed by atoms with E-state index in [4.69, 9.17) is 4.74 Å². The third-order valence-corrected chi connectivity index (χ3v) is 6.82. The number of benzene rings is 3. The number of hydrogen-bond acceptors (Lipinski definition) is 5. The largest absolute Gasteiger partial charge is 0.496 e. The van der Waals surface area contributed by atoms with E-state index in [-0.39, 0.29) is 11.8 Å². The first-order chi connectivity index (χ1) is 16.8. The zero-order chi connectivity index (χ0) is 25.1. The van der Waals surface area contributed by atoms with Crippen molar-refractivity contribution in [1.82, 2.24) is 10.6 Å². The van der Waals surface area contributed by atoms with Gasteiger partial charge in [-0.05, 0) is 73.8 Å². The van der Waals surface area contributed by atoms with Crippen LogP contribution in [-0.2, 0) is 22.6 Å². The van der Waals surface area contributed by atoms with Crippen molar-refractivity contribution in [2.75, 3.05) is 19.1 Å². The van der Waals surface area contributed by atoms with Crippen LogP contribution in [0, 0.1) is 0 Å². The Hall–Kier alpha value is -3.42. The quantitative estimate of drug-likeness (QED) is 0.487. The van der Waals surface area contributed by atoms with E-state index in [0.717, 1.165) is 33.2 Å². The topological polar surface area (TPSA) is 90.9 Å². The molecule has 1 heterocycles. The Morgan fingerprint density at radius 3 is 2.66 bits per heavy atom. The Labute approximate surface area is 206 Å². The molecule has 0 saturated carbocycles. The van der Waals surface area contributed by atoms with Crippen LogP contribution in [0.15, 0.2) is 54.6 Å². The van der Waals surface area contributed by atoms with Crippen LogP contribution in [-0.4, -0.2) is 43.2 Å². The molecule has 3 unspecified atom stereocenters. The Bertz CT molecular complexity index is 1240. The average molecular weight is 476 g/mol. The van der Waals surface area contributed by atoms with Gasteiger partial charge in [-0.3, -0.25) is 9.59 Å². The predicted octanol–water partition coefficient (Wildman–Crippen LogP) is 3.47. The molecule has 0 spiro atoms. The van der Waals surface area contributed by atoms with Gasteiger partial charge in [0.1, 0.15) is 11.8 Å². The van der Waals surface area contributed by atoms with Gasteiger partial charge in [0.15, 0.2) is 0 Å². The van der Waals surface area contributed by atoms with Crippen molar-refractivity contribution in [3.05, 3.63) is 71.3 Å². The molecule has 0 radical (unpaired) electrons. The van der Waals surface area contributed by atoms with Gasteiger partial charge in [0.05, 0.1) is 25.8 Å². The summed E-state index contributed by atoms with van der Waals surface area (Å²) in [4.78, 5) is 28.2. The van der Waals surface area contributed by atoms with Crippen molar-refractivity contribution in [2.24, 2.45) is 0 Å². The number of aliphatic hydroxyl groups excluding tert-OH is 1. The van der Waals surface area contributed by atoms with Crippen molar-refractivity contribution in [2.45, 2.75) is 51.4 Å². The molecule has 3 aromatic carbocycles. The number of aliphatic hydroxyl groups is 1. The molecule has 0 aromatic heterocycles. The summed E-state index contributed by atoms with van der Waals surface area (Å²) < 4.78 is 5.70. The second-order valence-corrected chi connectivity index (χ2v) is 9.07. The highest BCUT2D eigenvalue weighted by molar-refractivity contribution is 6.01. The number of anilines is 1.